The number of amides is 1. The molecule has 0 atom stereocenters. The monoisotopic (exact) mass is 421 g/mol. The standard InChI is InChI=1S/C23H27N5O3/c1-3-16-11-19-20(27-21(16)29)10-15(13-25-19)12-23(31)6-8-28(9-7-23)17-4-5-18(26-14-17)22(30)24-2/h4-5,10-11,13-14,31H,3,6-9,12H2,1-2H3,(H,24,30)(H,27,29). The van der Waals surface area contributed by atoms with Crippen molar-refractivity contribution in [1.82, 2.24) is 20.3 Å². The molecular formula is C23H27N5O3. The topological polar surface area (TPSA) is 111 Å². The maximum Gasteiger partial charge on any atom is 0.269 e. The molecule has 3 aromatic rings. The second-order valence-corrected chi connectivity index (χ2v) is 8.12. The normalized spacial score (nSPS) is 15.8. The van der Waals surface area contributed by atoms with E-state index in [0.717, 1.165) is 22.3 Å². The van der Waals surface area contributed by atoms with Gasteiger partial charge in [-0.1, -0.05) is 6.92 Å². The van der Waals surface area contributed by atoms with Gasteiger partial charge in [0.25, 0.3) is 11.5 Å². The van der Waals surface area contributed by atoms with Crippen molar-refractivity contribution in [1.29, 1.82) is 0 Å². The van der Waals surface area contributed by atoms with E-state index in [-0.39, 0.29) is 11.5 Å². The van der Waals surface area contributed by atoms with Crippen molar-refractivity contribution in [3.05, 3.63) is 63.8 Å². The van der Waals surface area contributed by atoms with E-state index in [1.165, 1.54) is 0 Å². The van der Waals surface area contributed by atoms with Gasteiger partial charge in [-0.2, -0.15) is 0 Å². The Kier molecular flexibility index (Phi) is 5.73. The molecule has 1 amide bonds. The Bertz CT molecular complexity index is 1150. The van der Waals surface area contributed by atoms with Crippen LogP contribution in [0.25, 0.3) is 11.0 Å². The number of aryl methyl sites for hydroxylation is 1. The number of aromatic amines is 1. The number of hydrogen-bond donors (Lipinski definition) is 3. The van der Waals surface area contributed by atoms with Gasteiger partial charge in [-0.25, -0.2) is 4.98 Å². The van der Waals surface area contributed by atoms with E-state index in [1.807, 2.05) is 25.1 Å². The van der Waals surface area contributed by atoms with E-state index in [0.29, 0.717) is 50.0 Å². The summed E-state index contributed by atoms with van der Waals surface area (Å²) in [6.45, 7) is 3.32. The summed E-state index contributed by atoms with van der Waals surface area (Å²) in [4.78, 5) is 37.5. The Morgan fingerprint density at radius 3 is 2.65 bits per heavy atom. The number of nitrogens with one attached hydrogen (secondary N) is 2. The second kappa shape index (κ2) is 8.47. The number of aliphatic hydroxyl groups is 1. The van der Waals surface area contributed by atoms with Crippen LogP contribution < -0.4 is 15.8 Å². The van der Waals surface area contributed by atoms with Gasteiger partial charge in [-0.15, -0.1) is 0 Å². The first-order valence-corrected chi connectivity index (χ1v) is 10.6. The van der Waals surface area contributed by atoms with E-state index in [2.05, 4.69) is 25.2 Å². The second-order valence-electron chi connectivity index (χ2n) is 8.12. The summed E-state index contributed by atoms with van der Waals surface area (Å²) < 4.78 is 0. The number of H-pyrrole nitrogens is 1. The van der Waals surface area contributed by atoms with Gasteiger partial charge < -0.3 is 20.3 Å². The van der Waals surface area contributed by atoms with E-state index in [4.69, 9.17) is 0 Å². The average molecular weight is 422 g/mol. The van der Waals surface area contributed by atoms with Crippen LogP contribution in [0.15, 0.2) is 41.5 Å². The van der Waals surface area contributed by atoms with E-state index in [9.17, 15) is 14.7 Å². The van der Waals surface area contributed by atoms with Gasteiger partial charge in [-0.3, -0.25) is 14.6 Å². The minimum absolute atomic E-state index is 0.0861. The maximum absolute atomic E-state index is 12.1. The molecule has 162 valence electrons. The van der Waals surface area contributed by atoms with Crippen molar-refractivity contribution in [3.8, 4) is 0 Å². The van der Waals surface area contributed by atoms with Gasteiger partial charge in [0.2, 0.25) is 0 Å². The molecule has 3 N–H and O–H groups in total. The van der Waals surface area contributed by atoms with E-state index in [1.54, 1.807) is 25.5 Å². The summed E-state index contributed by atoms with van der Waals surface area (Å²) in [5.41, 5.74) is 3.48. The maximum atomic E-state index is 12.1. The third-order valence-corrected chi connectivity index (χ3v) is 6.01. The predicted octanol–water partition coefficient (Wildman–Crippen LogP) is 1.81. The Morgan fingerprint density at radius 2 is 2.00 bits per heavy atom. The van der Waals surface area contributed by atoms with Crippen LogP contribution in [0, 0.1) is 0 Å². The molecule has 0 aromatic carbocycles. The smallest absolute Gasteiger partial charge is 0.269 e. The molecule has 1 aliphatic rings. The third-order valence-electron chi connectivity index (χ3n) is 6.01. The SMILES string of the molecule is CCc1cc2ncc(CC3(O)CCN(c4ccc(C(=O)NC)nc4)CC3)cc2[nH]c1=O. The van der Waals surface area contributed by atoms with Gasteiger partial charge in [0.1, 0.15) is 5.69 Å². The van der Waals surface area contributed by atoms with Crippen LogP contribution in [0.2, 0.25) is 0 Å². The summed E-state index contributed by atoms with van der Waals surface area (Å²) in [5, 5.41) is 13.7. The third kappa shape index (κ3) is 4.44. The highest BCUT2D eigenvalue weighted by Gasteiger charge is 2.33. The van der Waals surface area contributed by atoms with E-state index >= 15 is 0 Å². The minimum Gasteiger partial charge on any atom is -0.389 e. The molecule has 0 spiro atoms. The van der Waals surface area contributed by atoms with Crippen LogP contribution in [0.1, 0.15) is 41.4 Å². The zero-order valence-corrected chi connectivity index (χ0v) is 17.8. The first-order valence-electron chi connectivity index (χ1n) is 10.6. The Morgan fingerprint density at radius 1 is 1.23 bits per heavy atom. The molecule has 1 fully saturated rings. The molecule has 31 heavy (non-hydrogen) atoms. The van der Waals surface area contributed by atoms with Crippen LogP contribution in [-0.2, 0) is 12.8 Å². The van der Waals surface area contributed by atoms with Gasteiger partial charge in [0, 0.05) is 38.3 Å². The number of hydrogen-bond acceptors (Lipinski definition) is 6. The molecule has 0 unspecified atom stereocenters. The molecule has 1 aliphatic heterocycles. The summed E-state index contributed by atoms with van der Waals surface area (Å²) in [6, 6.07) is 7.33. The number of fused-ring (bicyclic) bond motifs is 1. The van der Waals surface area contributed by atoms with Crippen molar-refractivity contribution in [3.63, 3.8) is 0 Å². The van der Waals surface area contributed by atoms with Crippen molar-refractivity contribution < 1.29 is 9.90 Å². The highest BCUT2D eigenvalue weighted by molar-refractivity contribution is 5.92. The molecular weight excluding hydrogens is 394 g/mol. The van der Waals surface area contributed by atoms with Crippen LogP contribution in [0.3, 0.4) is 0 Å². The molecule has 0 radical (unpaired) electrons. The molecule has 0 saturated carbocycles. The average Bonchev–Trinajstić information content (AvgIpc) is 2.78. The van der Waals surface area contributed by atoms with Crippen molar-refractivity contribution in [2.75, 3.05) is 25.0 Å². The predicted molar refractivity (Wildman–Crippen MR) is 119 cm³/mol. The van der Waals surface area contributed by atoms with Crippen molar-refractivity contribution >= 4 is 22.6 Å². The summed E-state index contributed by atoms with van der Waals surface area (Å²) in [7, 11) is 1.58. The molecule has 8 nitrogen and oxygen atoms in total. The summed E-state index contributed by atoms with van der Waals surface area (Å²) in [6.07, 6.45) is 5.83. The lowest BCUT2D eigenvalue weighted by atomic mass is 9.85. The molecule has 3 aromatic heterocycles. The lowest BCUT2D eigenvalue weighted by Gasteiger charge is -2.39. The fourth-order valence-electron chi connectivity index (χ4n) is 4.10. The fourth-order valence-corrected chi connectivity index (χ4v) is 4.10. The van der Waals surface area contributed by atoms with E-state index < -0.39 is 5.60 Å². The molecule has 0 aliphatic carbocycles. The zero-order valence-electron chi connectivity index (χ0n) is 17.8. The number of anilines is 1. The molecule has 4 heterocycles. The van der Waals surface area contributed by atoms with Crippen LogP contribution in [0.5, 0.6) is 0 Å². The van der Waals surface area contributed by atoms with Gasteiger partial charge in [0.05, 0.1) is 28.5 Å². The number of aromatic nitrogens is 3. The lowest BCUT2D eigenvalue weighted by Crippen LogP contribution is -2.45. The van der Waals surface area contributed by atoms with Crippen LogP contribution in [0.4, 0.5) is 5.69 Å². The molecule has 8 heteroatoms. The minimum atomic E-state index is -0.828. The van der Waals surface area contributed by atoms with Crippen molar-refractivity contribution in [2.45, 2.75) is 38.2 Å². The zero-order chi connectivity index (χ0) is 22.0. The number of carbonyl (C=O) groups excluding carboxylic acids is 1. The fraction of sp³-hybridized carbons (Fsp3) is 0.391. The number of piperidine rings is 1. The van der Waals surface area contributed by atoms with Crippen LogP contribution >= 0.6 is 0 Å². The van der Waals surface area contributed by atoms with Crippen LogP contribution in [-0.4, -0.2) is 51.7 Å². The number of rotatable bonds is 5. The molecule has 0 bridgehead atoms. The Hall–Kier alpha value is -3.26. The number of pyridine rings is 3. The highest BCUT2D eigenvalue weighted by Crippen LogP contribution is 2.29. The summed E-state index contributed by atoms with van der Waals surface area (Å²) >= 11 is 0. The largest absolute Gasteiger partial charge is 0.389 e. The van der Waals surface area contributed by atoms with Gasteiger partial charge >= 0.3 is 0 Å². The molecule has 4 rings (SSSR count). The Balaban J connectivity index is 1.44. The first kappa shape index (κ1) is 21.0. The van der Waals surface area contributed by atoms with Crippen molar-refractivity contribution in [2.24, 2.45) is 0 Å². The highest BCUT2D eigenvalue weighted by atomic mass is 16.3. The first-order chi connectivity index (χ1) is 14.9. The lowest BCUT2D eigenvalue weighted by molar-refractivity contribution is 0.0165. The number of carbonyl (C=O) groups is 1. The Labute approximate surface area is 180 Å². The van der Waals surface area contributed by atoms with Gasteiger partial charge in [0.15, 0.2) is 0 Å². The molecule has 1 saturated heterocycles. The summed E-state index contributed by atoms with van der Waals surface area (Å²) in [5.74, 6) is -0.212. The van der Waals surface area contributed by atoms with Gasteiger partial charge in [-0.05, 0) is 49.1 Å². The number of nitrogens with zero attached hydrogens (tertiary/aromatic N) is 3. The quantitative estimate of drug-likeness (QED) is 0.579.